The number of nitrogens with zero attached hydrogens (tertiary/aromatic N) is 2. The van der Waals surface area contributed by atoms with Gasteiger partial charge in [0.15, 0.2) is 10.9 Å². The summed E-state index contributed by atoms with van der Waals surface area (Å²) >= 11 is 0.855. The highest BCUT2D eigenvalue weighted by atomic mass is 32.2. The molecule has 1 saturated heterocycles. The van der Waals surface area contributed by atoms with Crippen LogP contribution in [0.15, 0.2) is 39.4 Å². The Morgan fingerprint density at radius 2 is 1.71 bits per heavy atom. The molecule has 35 heavy (non-hydrogen) atoms. The normalized spacial score (nSPS) is 15.7. The zero-order valence-corrected chi connectivity index (χ0v) is 18.6. The van der Waals surface area contributed by atoms with Crippen molar-refractivity contribution in [2.24, 2.45) is 10.2 Å². The standard InChI is InChI=1S/C21H14F5N3O5S/c1-32-11-4-3-9(7-27-29-21-28-20(31)12(35-21)6-13(30)33-2)5-10(11)8-34-19-17(25)15(23)14(22)16(24)18(19)26/h3-7H,8H2,1-2H3,(H,28,29,31)/b12-6+,27-7?. The summed E-state index contributed by atoms with van der Waals surface area (Å²) in [6, 6.07) is 4.40. The summed E-state index contributed by atoms with van der Waals surface area (Å²) in [5, 5.41) is 10.1. The first kappa shape index (κ1) is 25.7. The van der Waals surface area contributed by atoms with Crippen molar-refractivity contribution in [2.45, 2.75) is 6.61 Å². The Hall–Kier alpha value is -3.94. The van der Waals surface area contributed by atoms with Crippen LogP contribution in [0.1, 0.15) is 11.1 Å². The molecule has 0 aromatic heterocycles. The average Bonchev–Trinajstić information content (AvgIpc) is 3.20. The molecule has 14 heteroatoms. The Morgan fingerprint density at radius 1 is 1.06 bits per heavy atom. The van der Waals surface area contributed by atoms with Gasteiger partial charge in [-0.2, -0.15) is 13.9 Å². The van der Waals surface area contributed by atoms with Gasteiger partial charge in [-0.05, 0) is 35.5 Å². The fourth-order valence-corrected chi connectivity index (χ4v) is 3.38. The number of rotatable bonds is 7. The van der Waals surface area contributed by atoms with E-state index in [9.17, 15) is 31.5 Å². The Balaban J connectivity index is 1.77. The van der Waals surface area contributed by atoms with E-state index < -0.39 is 53.3 Å². The highest BCUT2D eigenvalue weighted by Crippen LogP contribution is 2.31. The molecule has 0 aliphatic carbocycles. The summed E-state index contributed by atoms with van der Waals surface area (Å²) in [4.78, 5) is 23.1. The molecule has 0 atom stereocenters. The lowest BCUT2D eigenvalue weighted by molar-refractivity contribution is -0.135. The van der Waals surface area contributed by atoms with Crippen LogP contribution in [0.5, 0.6) is 11.5 Å². The highest BCUT2D eigenvalue weighted by molar-refractivity contribution is 8.18. The van der Waals surface area contributed by atoms with Crippen LogP contribution in [0.2, 0.25) is 0 Å². The maximum absolute atomic E-state index is 13.9. The van der Waals surface area contributed by atoms with Crippen molar-refractivity contribution in [3.05, 3.63) is 69.4 Å². The number of benzene rings is 2. The highest BCUT2D eigenvalue weighted by Gasteiger charge is 2.27. The van der Waals surface area contributed by atoms with Gasteiger partial charge in [-0.1, -0.05) is 0 Å². The van der Waals surface area contributed by atoms with Gasteiger partial charge in [0.2, 0.25) is 29.1 Å². The third kappa shape index (κ3) is 5.77. The number of esters is 1. The number of carbonyl (C=O) groups is 2. The number of thioether (sulfide) groups is 1. The first-order chi connectivity index (χ1) is 16.7. The maximum Gasteiger partial charge on any atom is 0.331 e. The van der Waals surface area contributed by atoms with Gasteiger partial charge < -0.3 is 14.2 Å². The Morgan fingerprint density at radius 3 is 2.34 bits per heavy atom. The van der Waals surface area contributed by atoms with Crippen molar-refractivity contribution >= 4 is 35.0 Å². The summed E-state index contributed by atoms with van der Waals surface area (Å²) < 4.78 is 82.1. The lowest BCUT2D eigenvalue weighted by Crippen LogP contribution is -2.19. The van der Waals surface area contributed by atoms with Gasteiger partial charge in [0, 0.05) is 11.6 Å². The monoisotopic (exact) mass is 515 g/mol. The Kier molecular flexibility index (Phi) is 8.06. The third-order valence-corrected chi connectivity index (χ3v) is 5.20. The minimum absolute atomic E-state index is 0.0582. The largest absolute Gasteiger partial charge is 0.496 e. The molecule has 2 aromatic rings. The molecule has 8 nitrogen and oxygen atoms in total. The van der Waals surface area contributed by atoms with Crippen molar-refractivity contribution in [1.82, 2.24) is 5.32 Å². The number of ether oxygens (including phenoxy) is 3. The molecule has 2 aromatic carbocycles. The number of methoxy groups -OCH3 is 2. The van der Waals surface area contributed by atoms with Crippen LogP contribution in [-0.4, -0.2) is 37.5 Å². The molecular formula is C21H14F5N3O5S. The lowest BCUT2D eigenvalue weighted by atomic mass is 10.1. The second kappa shape index (κ2) is 11.0. The third-order valence-electron chi connectivity index (χ3n) is 4.30. The maximum atomic E-state index is 13.9. The minimum atomic E-state index is -2.30. The number of hydrogen-bond acceptors (Lipinski definition) is 8. The van der Waals surface area contributed by atoms with E-state index in [1.165, 1.54) is 31.5 Å². The second-order valence-corrected chi connectivity index (χ2v) is 7.53. The predicted octanol–water partition coefficient (Wildman–Crippen LogP) is 3.58. The fourth-order valence-electron chi connectivity index (χ4n) is 2.64. The van der Waals surface area contributed by atoms with E-state index in [0.29, 0.717) is 5.56 Å². The van der Waals surface area contributed by atoms with E-state index >= 15 is 0 Å². The van der Waals surface area contributed by atoms with Crippen molar-refractivity contribution < 1.29 is 45.8 Å². The molecule has 1 amide bonds. The minimum Gasteiger partial charge on any atom is -0.496 e. The van der Waals surface area contributed by atoms with Crippen molar-refractivity contribution in [3.8, 4) is 11.5 Å². The van der Waals surface area contributed by atoms with Crippen LogP contribution < -0.4 is 14.8 Å². The van der Waals surface area contributed by atoms with E-state index in [0.717, 1.165) is 24.9 Å². The lowest BCUT2D eigenvalue weighted by Gasteiger charge is -2.13. The molecule has 0 radical (unpaired) electrons. The van der Waals surface area contributed by atoms with Gasteiger partial charge in [0.25, 0.3) is 5.91 Å². The molecule has 0 bridgehead atoms. The van der Waals surface area contributed by atoms with Gasteiger partial charge >= 0.3 is 5.97 Å². The van der Waals surface area contributed by atoms with Gasteiger partial charge in [-0.25, -0.2) is 18.0 Å². The van der Waals surface area contributed by atoms with Gasteiger partial charge in [-0.15, -0.1) is 5.10 Å². The van der Waals surface area contributed by atoms with Crippen LogP contribution in [0.3, 0.4) is 0 Å². The smallest absolute Gasteiger partial charge is 0.331 e. The number of amidine groups is 1. The molecule has 1 aliphatic rings. The second-order valence-electron chi connectivity index (χ2n) is 6.50. The molecule has 1 fully saturated rings. The summed E-state index contributed by atoms with van der Waals surface area (Å²) in [7, 11) is 2.46. The van der Waals surface area contributed by atoms with Crippen molar-refractivity contribution in [1.29, 1.82) is 0 Å². The number of carbonyl (C=O) groups excluding carboxylic acids is 2. The van der Waals surface area contributed by atoms with Crippen LogP contribution >= 0.6 is 11.8 Å². The molecule has 184 valence electrons. The van der Waals surface area contributed by atoms with Gasteiger partial charge in [-0.3, -0.25) is 10.1 Å². The topological polar surface area (TPSA) is 98.6 Å². The number of nitrogens with one attached hydrogen (secondary N) is 1. The van der Waals surface area contributed by atoms with E-state index in [1.807, 2.05) is 0 Å². The quantitative estimate of drug-likeness (QED) is 0.115. The molecule has 1 N–H and O–H groups in total. The number of halogens is 5. The van der Waals surface area contributed by atoms with Crippen molar-refractivity contribution in [2.75, 3.05) is 14.2 Å². The molecule has 0 saturated carbocycles. The van der Waals surface area contributed by atoms with Crippen molar-refractivity contribution in [3.63, 3.8) is 0 Å². The van der Waals surface area contributed by atoms with Crippen LogP contribution in [0.4, 0.5) is 22.0 Å². The molecule has 0 unspecified atom stereocenters. The molecular weight excluding hydrogens is 501 g/mol. The van der Waals surface area contributed by atoms with E-state index in [2.05, 4.69) is 20.3 Å². The summed E-state index contributed by atoms with van der Waals surface area (Å²) in [6.45, 7) is -0.606. The SMILES string of the molecule is COC(=O)/C=C1/S/C(=N\N=Cc2ccc(OC)c(COc3c(F)c(F)c(F)c(F)c3F)c2)NC1=O. The predicted molar refractivity (Wildman–Crippen MR) is 114 cm³/mol. The number of amides is 1. The van der Waals surface area contributed by atoms with E-state index in [-0.39, 0.29) is 21.4 Å². The average molecular weight is 515 g/mol. The molecule has 3 rings (SSSR count). The van der Waals surface area contributed by atoms with Crippen LogP contribution in [0.25, 0.3) is 0 Å². The first-order valence-electron chi connectivity index (χ1n) is 9.37. The Labute approximate surface area is 198 Å². The van der Waals surface area contributed by atoms with E-state index in [1.54, 1.807) is 0 Å². The van der Waals surface area contributed by atoms with Crippen LogP contribution in [-0.2, 0) is 20.9 Å². The number of hydrogen-bond donors (Lipinski definition) is 1. The fraction of sp³-hybridized carbons (Fsp3) is 0.143. The molecule has 1 heterocycles. The van der Waals surface area contributed by atoms with E-state index in [4.69, 9.17) is 9.47 Å². The summed E-state index contributed by atoms with van der Waals surface area (Å²) in [5.41, 5.74) is 0.589. The summed E-state index contributed by atoms with van der Waals surface area (Å²) in [5.74, 6) is -13.3. The molecule has 1 aliphatic heterocycles. The zero-order chi connectivity index (χ0) is 25.7. The first-order valence-corrected chi connectivity index (χ1v) is 10.2. The van der Waals surface area contributed by atoms with Crippen LogP contribution in [0, 0.1) is 29.1 Å². The summed E-state index contributed by atoms with van der Waals surface area (Å²) in [6.07, 6.45) is 2.25. The van der Waals surface area contributed by atoms with Gasteiger partial charge in [0.1, 0.15) is 12.4 Å². The molecule has 0 spiro atoms. The Bertz CT molecular complexity index is 1250. The van der Waals surface area contributed by atoms with Gasteiger partial charge in [0.05, 0.1) is 25.3 Å². The zero-order valence-electron chi connectivity index (χ0n) is 17.8.